The maximum atomic E-state index is 12.9. The molecule has 3 aliphatic rings. The Morgan fingerprint density at radius 2 is 1.61 bits per heavy atom. The molecule has 3 unspecified atom stereocenters. The van der Waals surface area contributed by atoms with Gasteiger partial charge in [0, 0.05) is 0 Å². The minimum absolute atomic E-state index is 0.192. The maximum Gasteiger partial charge on any atom is 0.278 e. The fourth-order valence-electron chi connectivity index (χ4n) is 6.70. The molecule has 2 aromatic rings. The van der Waals surface area contributed by atoms with Gasteiger partial charge in [-0.25, -0.2) is 0 Å². The second-order valence-electron chi connectivity index (χ2n) is 9.73. The molecule has 1 spiro atoms. The van der Waals surface area contributed by atoms with Gasteiger partial charge in [0.2, 0.25) is 0 Å². The summed E-state index contributed by atoms with van der Waals surface area (Å²) in [7, 11) is -3.60. The number of hydrogen-bond acceptors (Lipinski definition) is 3. The molecule has 1 saturated carbocycles. The number of fused-ring (bicyclic) bond motifs is 1. The van der Waals surface area contributed by atoms with Crippen LogP contribution < -0.4 is 14.2 Å². The first kappa shape index (κ1) is 22.4. The normalized spacial score (nSPS) is 28.7. The highest BCUT2D eigenvalue weighted by atomic mass is 32.2. The molecule has 1 aliphatic heterocycles. The van der Waals surface area contributed by atoms with Gasteiger partial charge in [-0.2, -0.15) is 17.9 Å². The zero-order chi connectivity index (χ0) is 23.1. The zero-order valence-electron chi connectivity index (χ0n) is 18.9. The van der Waals surface area contributed by atoms with Gasteiger partial charge in [0.1, 0.15) is 12.4 Å². The number of nitrogens with one attached hydrogen (secondary N) is 2. The first-order chi connectivity index (χ1) is 15.9. The van der Waals surface area contributed by atoms with E-state index in [9.17, 15) is 8.42 Å². The fraction of sp³-hybridized carbons (Fsp3) is 0.407. The maximum absolute atomic E-state index is 12.9. The Kier molecular flexibility index (Phi) is 5.71. The van der Waals surface area contributed by atoms with Crippen molar-refractivity contribution in [3.8, 4) is 5.75 Å². The van der Waals surface area contributed by atoms with Crippen LogP contribution in [0.4, 0.5) is 0 Å². The van der Waals surface area contributed by atoms with Crippen molar-refractivity contribution in [2.24, 2.45) is 11.8 Å². The van der Waals surface area contributed by atoms with Crippen molar-refractivity contribution in [1.82, 2.24) is 9.44 Å². The van der Waals surface area contributed by atoms with Gasteiger partial charge in [0.15, 0.2) is 0 Å². The quantitative estimate of drug-likeness (QED) is 0.595. The van der Waals surface area contributed by atoms with Crippen LogP contribution in [0.2, 0.25) is 0 Å². The van der Waals surface area contributed by atoms with Crippen molar-refractivity contribution in [2.45, 2.75) is 56.2 Å². The summed E-state index contributed by atoms with van der Waals surface area (Å²) in [5.74, 6) is 1.26. The highest BCUT2D eigenvalue weighted by Crippen LogP contribution is 2.56. The Labute approximate surface area is 197 Å². The van der Waals surface area contributed by atoms with Crippen LogP contribution in [0.15, 0.2) is 73.8 Å². The summed E-state index contributed by atoms with van der Waals surface area (Å²) in [4.78, 5) is 0. The summed E-state index contributed by atoms with van der Waals surface area (Å²) in [6.07, 6.45) is 8.51. The minimum atomic E-state index is -3.60. The van der Waals surface area contributed by atoms with E-state index in [2.05, 4.69) is 46.9 Å². The predicted octanol–water partition coefficient (Wildman–Crippen LogP) is 4.46. The summed E-state index contributed by atoms with van der Waals surface area (Å²) >= 11 is 0. The van der Waals surface area contributed by atoms with Crippen molar-refractivity contribution in [3.05, 3.63) is 90.5 Å². The second-order valence-corrected chi connectivity index (χ2v) is 11.1. The summed E-state index contributed by atoms with van der Waals surface area (Å²) in [6, 6.07) is 16.5. The number of rotatable bonds is 7. The van der Waals surface area contributed by atoms with Crippen LogP contribution in [0.5, 0.6) is 5.75 Å². The number of benzene rings is 2. The molecular formula is C27H32N2O3S. The lowest BCUT2D eigenvalue weighted by molar-refractivity contribution is 0.112. The van der Waals surface area contributed by atoms with Crippen LogP contribution in [0, 0.1) is 11.8 Å². The van der Waals surface area contributed by atoms with E-state index in [0.29, 0.717) is 19.4 Å². The first-order valence-electron chi connectivity index (χ1n) is 11.7. The molecule has 2 N–H and O–H groups in total. The Hall–Kier alpha value is -2.41. The van der Waals surface area contributed by atoms with Gasteiger partial charge in [-0.1, -0.05) is 48.6 Å². The van der Waals surface area contributed by atoms with Gasteiger partial charge in [-0.3, -0.25) is 0 Å². The Bertz CT molecular complexity index is 1150. The molecule has 2 aromatic carbocycles. The Balaban J connectivity index is 1.48. The van der Waals surface area contributed by atoms with Crippen LogP contribution in [0.1, 0.15) is 42.4 Å². The van der Waals surface area contributed by atoms with E-state index in [4.69, 9.17) is 4.74 Å². The molecule has 1 heterocycles. The molecule has 33 heavy (non-hydrogen) atoms. The first-order valence-corrected chi connectivity index (χ1v) is 13.2. The van der Waals surface area contributed by atoms with E-state index in [1.807, 2.05) is 36.4 Å². The van der Waals surface area contributed by atoms with Crippen LogP contribution in [0.25, 0.3) is 0 Å². The molecule has 5 rings (SSSR count). The third-order valence-corrected chi connectivity index (χ3v) is 9.19. The molecule has 6 heteroatoms. The van der Waals surface area contributed by atoms with Crippen LogP contribution >= 0.6 is 0 Å². The monoisotopic (exact) mass is 464 g/mol. The van der Waals surface area contributed by atoms with Gasteiger partial charge >= 0.3 is 0 Å². The van der Waals surface area contributed by atoms with Crippen LogP contribution in [-0.4, -0.2) is 19.5 Å². The van der Waals surface area contributed by atoms with E-state index in [-0.39, 0.29) is 11.8 Å². The summed E-state index contributed by atoms with van der Waals surface area (Å²) in [5, 5.41) is 0. The van der Waals surface area contributed by atoms with Crippen molar-refractivity contribution in [1.29, 1.82) is 0 Å². The van der Waals surface area contributed by atoms with E-state index in [0.717, 1.165) is 37.0 Å². The van der Waals surface area contributed by atoms with E-state index >= 15 is 0 Å². The van der Waals surface area contributed by atoms with E-state index in [1.165, 1.54) is 11.1 Å². The minimum Gasteiger partial charge on any atom is -0.489 e. The third kappa shape index (κ3) is 3.74. The average molecular weight is 465 g/mol. The van der Waals surface area contributed by atoms with Crippen molar-refractivity contribution < 1.29 is 13.2 Å². The van der Waals surface area contributed by atoms with Gasteiger partial charge in [-0.05, 0) is 79.2 Å². The van der Waals surface area contributed by atoms with Gasteiger partial charge in [0.05, 0.1) is 11.1 Å². The lowest BCUT2D eigenvalue weighted by Crippen LogP contribution is -2.65. The topological polar surface area (TPSA) is 67.4 Å². The highest BCUT2D eigenvalue weighted by Gasteiger charge is 2.68. The average Bonchev–Trinajstić information content (AvgIpc) is 3.17. The second kappa shape index (κ2) is 8.42. The fourth-order valence-corrected chi connectivity index (χ4v) is 8.58. The zero-order valence-corrected chi connectivity index (χ0v) is 19.7. The molecule has 0 aromatic heterocycles. The van der Waals surface area contributed by atoms with Gasteiger partial charge < -0.3 is 4.74 Å². The number of ether oxygens (including phenoxy) is 1. The Morgan fingerprint density at radius 1 is 0.939 bits per heavy atom. The van der Waals surface area contributed by atoms with Crippen molar-refractivity contribution >= 4 is 10.2 Å². The van der Waals surface area contributed by atoms with Crippen molar-refractivity contribution in [2.75, 3.05) is 0 Å². The van der Waals surface area contributed by atoms with Crippen LogP contribution in [-0.2, 0) is 29.7 Å². The molecule has 0 amide bonds. The SMILES string of the molecule is C=CCC1(CC=C)NS(=O)(=O)NC12C1CCC2Cc2cc(OCc3ccccc3)ccc2C1. The lowest BCUT2D eigenvalue weighted by Gasteiger charge is -2.47. The summed E-state index contributed by atoms with van der Waals surface area (Å²) in [6.45, 7) is 8.44. The predicted molar refractivity (Wildman–Crippen MR) is 131 cm³/mol. The molecule has 1 saturated heterocycles. The smallest absolute Gasteiger partial charge is 0.278 e. The standard InChI is InChI=1S/C27H32N2O3S/c1-3-14-26(15-4-2)27(29-33(30,31)28-26)23-11-12-24(27)17-22-18-25(13-10-21(22)16-23)32-19-20-8-6-5-7-9-20/h3-10,13,18,23-24,28-29H,1-2,11-12,14-17,19H2. The van der Waals surface area contributed by atoms with E-state index in [1.54, 1.807) is 0 Å². The third-order valence-electron chi connectivity index (χ3n) is 7.92. The van der Waals surface area contributed by atoms with Gasteiger partial charge in [-0.15, -0.1) is 13.2 Å². The van der Waals surface area contributed by atoms with Crippen molar-refractivity contribution in [3.63, 3.8) is 0 Å². The molecule has 174 valence electrons. The van der Waals surface area contributed by atoms with Crippen LogP contribution in [0.3, 0.4) is 0 Å². The lowest BCUT2D eigenvalue weighted by atomic mass is 9.63. The molecule has 5 nitrogen and oxygen atoms in total. The summed E-state index contributed by atoms with van der Waals surface area (Å²) < 4.78 is 38.1. The van der Waals surface area contributed by atoms with Gasteiger partial charge in [0.25, 0.3) is 10.2 Å². The largest absolute Gasteiger partial charge is 0.489 e. The van der Waals surface area contributed by atoms with E-state index < -0.39 is 21.3 Å². The molecule has 2 aliphatic carbocycles. The number of hydrogen-bond donors (Lipinski definition) is 2. The Morgan fingerprint density at radius 3 is 2.27 bits per heavy atom. The molecule has 2 bridgehead atoms. The molecule has 2 fully saturated rings. The molecule has 3 atom stereocenters. The highest BCUT2D eigenvalue weighted by molar-refractivity contribution is 7.87. The molecule has 0 radical (unpaired) electrons. The molecular weight excluding hydrogens is 432 g/mol. The summed E-state index contributed by atoms with van der Waals surface area (Å²) in [5.41, 5.74) is 2.50.